The van der Waals surface area contributed by atoms with Gasteiger partial charge in [-0.25, -0.2) is 4.39 Å². The highest BCUT2D eigenvalue weighted by Gasteiger charge is 2.31. The maximum atomic E-state index is 13.6. The van der Waals surface area contributed by atoms with E-state index in [1.54, 1.807) is 16.8 Å². The molecule has 0 saturated heterocycles. The minimum atomic E-state index is -0.994. The number of ether oxygens (including phenoxy) is 1. The summed E-state index contributed by atoms with van der Waals surface area (Å²) >= 11 is 0. The van der Waals surface area contributed by atoms with E-state index >= 15 is 0 Å². The van der Waals surface area contributed by atoms with Crippen molar-refractivity contribution in [3.05, 3.63) is 47.5 Å². The lowest BCUT2D eigenvalue weighted by atomic mass is 10.1. The summed E-state index contributed by atoms with van der Waals surface area (Å²) in [6.07, 6.45) is 1.15. The second-order valence-electron chi connectivity index (χ2n) is 7.95. The van der Waals surface area contributed by atoms with E-state index in [9.17, 15) is 14.0 Å². The van der Waals surface area contributed by atoms with Crippen molar-refractivity contribution < 1.29 is 18.7 Å². The molecule has 0 aliphatic heterocycles. The van der Waals surface area contributed by atoms with Gasteiger partial charge in [0.1, 0.15) is 5.69 Å². The Kier molecular flexibility index (Phi) is 5.40. The SMILES string of the molecule is CC(Oc1ccccc1F)C(=O)NNC(=O)c1cc(C2CC2)nn1C(C)(C)C. The van der Waals surface area contributed by atoms with Gasteiger partial charge in [0.2, 0.25) is 0 Å². The summed E-state index contributed by atoms with van der Waals surface area (Å²) in [7, 11) is 0. The number of carbonyl (C=O) groups is 2. The number of benzene rings is 1. The average molecular weight is 388 g/mol. The quantitative estimate of drug-likeness (QED) is 0.772. The smallest absolute Gasteiger partial charge is 0.287 e. The standard InChI is InChI=1S/C20H25FN4O3/c1-12(28-17-8-6-5-7-14(17)21)18(26)22-23-19(27)16-11-15(13-9-10-13)24-25(16)20(2,3)4/h5-8,11-13H,9-10H2,1-4H3,(H,22,26)(H,23,27). The Labute approximate surface area is 163 Å². The zero-order valence-corrected chi connectivity index (χ0v) is 16.5. The van der Waals surface area contributed by atoms with Crippen molar-refractivity contribution in [3.8, 4) is 5.75 Å². The predicted molar refractivity (Wildman–Crippen MR) is 101 cm³/mol. The van der Waals surface area contributed by atoms with Crippen LogP contribution in [0, 0.1) is 5.82 Å². The Morgan fingerprint density at radius 2 is 1.93 bits per heavy atom. The second kappa shape index (κ2) is 7.61. The van der Waals surface area contributed by atoms with Gasteiger partial charge in [0.25, 0.3) is 11.8 Å². The molecule has 1 atom stereocenters. The Hall–Kier alpha value is -2.90. The lowest BCUT2D eigenvalue weighted by Gasteiger charge is -2.22. The van der Waals surface area contributed by atoms with E-state index in [2.05, 4.69) is 16.0 Å². The zero-order chi connectivity index (χ0) is 20.5. The highest BCUT2D eigenvalue weighted by Crippen LogP contribution is 2.40. The van der Waals surface area contributed by atoms with Gasteiger partial charge in [0.15, 0.2) is 17.7 Å². The fourth-order valence-corrected chi connectivity index (χ4v) is 2.72. The Morgan fingerprint density at radius 1 is 1.25 bits per heavy atom. The van der Waals surface area contributed by atoms with E-state index < -0.39 is 23.7 Å². The van der Waals surface area contributed by atoms with Crippen molar-refractivity contribution in [2.45, 2.75) is 58.1 Å². The Bertz CT molecular complexity index is 884. The van der Waals surface area contributed by atoms with Crippen molar-refractivity contribution in [3.63, 3.8) is 0 Å². The third-order valence-corrected chi connectivity index (χ3v) is 4.40. The Balaban J connectivity index is 1.63. The minimum Gasteiger partial charge on any atom is -0.478 e. The van der Waals surface area contributed by atoms with Gasteiger partial charge in [-0.3, -0.25) is 25.1 Å². The molecule has 3 rings (SSSR count). The summed E-state index contributed by atoms with van der Waals surface area (Å²) < 4.78 is 20.6. The number of hydrogen-bond donors (Lipinski definition) is 2. The summed E-state index contributed by atoms with van der Waals surface area (Å²) in [6, 6.07) is 7.58. The van der Waals surface area contributed by atoms with Gasteiger partial charge in [-0.1, -0.05) is 12.1 Å². The molecule has 1 aromatic heterocycles. The molecule has 28 heavy (non-hydrogen) atoms. The molecule has 1 aliphatic carbocycles. The number of carbonyl (C=O) groups excluding carboxylic acids is 2. The van der Waals surface area contributed by atoms with Gasteiger partial charge in [0.05, 0.1) is 11.2 Å². The van der Waals surface area contributed by atoms with Crippen LogP contribution in [0.25, 0.3) is 0 Å². The van der Waals surface area contributed by atoms with E-state index in [0.717, 1.165) is 18.5 Å². The highest BCUT2D eigenvalue weighted by atomic mass is 19.1. The van der Waals surface area contributed by atoms with Crippen molar-refractivity contribution in [2.24, 2.45) is 0 Å². The van der Waals surface area contributed by atoms with Crippen molar-refractivity contribution in [1.29, 1.82) is 0 Å². The largest absolute Gasteiger partial charge is 0.478 e. The number of amides is 2. The molecule has 8 heteroatoms. The van der Waals surface area contributed by atoms with Gasteiger partial charge in [0, 0.05) is 5.92 Å². The van der Waals surface area contributed by atoms with Crippen molar-refractivity contribution >= 4 is 11.8 Å². The molecule has 0 bridgehead atoms. The number of nitrogens with zero attached hydrogens (tertiary/aromatic N) is 2. The van der Waals surface area contributed by atoms with E-state index in [-0.39, 0.29) is 11.3 Å². The van der Waals surface area contributed by atoms with Crippen LogP contribution in [0.1, 0.15) is 62.6 Å². The number of para-hydroxylation sites is 1. The molecule has 150 valence electrons. The van der Waals surface area contributed by atoms with Crippen LogP contribution in [0.3, 0.4) is 0 Å². The maximum Gasteiger partial charge on any atom is 0.287 e. The third kappa shape index (κ3) is 4.49. The number of aromatic nitrogens is 2. The number of halogens is 1. The van der Waals surface area contributed by atoms with Crippen LogP contribution in [0.5, 0.6) is 5.75 Å². The molecule has 2 aromatic rings. The lowest BCUT2D eigenvalue weighted by Crippen LogP contribution is -2.48. The van der Waals surface area contributed by atoms with Crippen LogP contribution in [0.2, 0.25) is 0 Å². The molecule has 1 aliphatic rings. The fourth-order valence-electron chi connectivity index (χ4n) is 2.72. The van der Waals surface area contributed by atoms with Crippen LogP contribution in [0.4, 0.5) is 4.39 Å². The Morgan fingerprint density at radius 3 is 2.54 bits per heavy atom. The summed E-state index contributed by atoms with van der Waals surface area (Å²) in [5, 5.41) is 4.57. The maximum absolute atomic E-state index is 13.6. The van der Waals surface area contributed by atoms with Gasteiger partial charge in [-0.05, 0) is 58.7 Å². The first-order chi connectivity index (χ1) is 13.2. The normalized spacial score (nSPS) is 15.0. The molecule has 1 heterocycles. The molecule has 2 N–H and O–H groups in total. The predicted octanol–water partition coefficient (Wildman–Crippen LogP) is 2.88. The van der Waals surface area contributed by atoms with Crippen LogP contribution in [-0.2, 0) is 10.3 Å². The number of nitrogens with one attached hydrogen (secondary N) is 2. The minimum absolute atomic E-state index is 0.0311. The molecule has 2 amide bonds. The number of rotatable bonds is 5. The first kappa shape index (κ1) is 19.9. The molecule has 1 fully saturated rings. The number of hydrogen-bond acceptors (Lipinski definition) is 4. The van der Waals surface area contributed by atoms with Gasteiger partial charge >= 0.3 is 0 Å². The lowest BCUT2D eigenvalue weighted by molar-refractivity contribution is -0.128. The van der Waals surface area contributed by atoms with Gasteiger partial charge in [-0.2, -0.15) is 5.10 Å². The monoisotopic (exact) mass is 388 g/mol. The van der Waals surface area contributed by atoms with Crippen molar-refractivity contribution in [2.75, 3.05) is 0 Å². The molecule has 1 unspecified atom stereocenters. The molecule has 0 spiro atoms. The molecule has 1 saturated carbocycles. The van der Waals surface area contributed by atoms with E-state index in [1.807, 2.05) is 20.8 Å². The summed E-state index contributed by atoms with van der Waals surface area (Å²) in [5.74, 6) is -1.26. The molecule has 1 aromatic carbocycles. The summed E-state index contributed by atoms with van der Waals surface area (Å²) in [4.78, 5) is 24.8. The summed E-state index contributed by atoms with van der Waals surface area (Å²) in [5.41, 5.74) is 5.60. The van der Waals surface area contributed by atoms with Crippen LogP contribution < -0.4 is 15.6 Å². The third-order valence-electron chi connectivity index (χ3n) is 4.40. The first-order valence-electron chi connectivity index (χ1n) is 9.28. The van der Waals surface area contributed by atoms with E-state index in [0.29, 0.717) is 11.6 Å². The second-order valence-corrected chi connectivity index (χ2v) is 7.95. The van der Waals surface area contributed by atoms with E-state index in [1.165, 1.54) is 25.1 Å². The van der Waals surface area contributed by atoms with E-state index in [4.69, 9.17) is 4.74 Å². The van der Waals surface area contributed by atoms with Gasteiger partial charge in [-0.15, -0.1) is 0 Å². The molecule has 7 nitrogen and oxygen atoms in total. The highest BCUT2D eigenvalue weighted by molar-refractivity contribution is 5.94. The topological polar surface area (TPSA) is 85.2 Å². The number of hydrazine groups is 1. The van der Waals surface area contributed by atoms with Gasteiger partial charge < -0.3 is 4.74 Å². The van der Waals surface area contributed by atoms with Crippen molar-refractivity contribution in [1.82, 2.24) is 20.6 Å². The molecular weight excluding hydrogens is 363 g/mol. The summed E-state index contributed by atoms with van der Waals surface area (Å²) in [6.45, 7) is 7.33. The fraction of sp³-hybridized carbons (Fsp3) is 0.450. The first-order valence-corrected chi connectivity index (χ1v) is 9.28. The van der Waals surface area contributed by atoms with Crippen LogP contribution in [-0.4, -0.2) is 27.7 Å². The average Bonchev–Trinajstić information content (AvgIpc) is 3.38. The molecular formula is C20H25FN4O3. The molecule has 0 radical (unpaired) electrons. The zero-order valence-electron chi connectivity index (χ0n) is 16.5. The van der Waals surface area contributed by atoms with Crippen LogP contribution >= 0.6 is 0 Å². The van der Waals surface area contributed by atoms with Crippen LogP contribution in [0.15, 0.2) is 30.3 Å².